The number of para-hydroxylation sites is 1. The van der Waals surface area contributed by atoms with Crippen molar-refractivity contribution in [3.05, 3.63) is 51.6 Å². The number of hydrogen-bond acceptors (Lipinski definition) is 3. The van der Waals surface area contributed by atoms with Gasteiger partial charge in [0, 0.05) is 17.5 Å². The molecule has 1 aromatic carbocycles. The molecule has 0 aliphatic rings. The third-order valence-electron chi connectivity index (χ3n) is 2.46. The Morgan fingerprint density at radius 1 is 1.29 bits per heavy atom. The van der Waals surface area contributed by atoms with Crippen LogP contribution >= 0.6 is 22.6 Å². The van der Waals surface area contributed by atoms with Gasteiger partial charge in [-0.3, -0.25) is 4.99 Å². The number of aliphatic imine (C=N–C) groups is 1. The first-order chi connectivity index (χ1) is 8.18. The van der Waals surface area contributed by atoms with Crippen LogP contribution in [0.2, 0.25) is 0 Å². The van der Waals surface area contributed by atoms with Crippen molar-refractivity contribution in [1.29, 1.82) is 0 Å². The number of aromatic nitrogens is 2. The van der Waals surface area contributed by atoms with Crippen molar-refractivity contribution in [2.75, 3.05) is 0 Å². The summed E-state index contributed by atoms with van der Waals surface area (Å²) in [4.78, 5) is 12.8. The predicted octanol–water partition coefficient (Wildman–Crippen LogP) is 3.53. The fraction of sp³-hybridized carbons (Fsp3) is 0.154. The number of hydrogen-bond donors (Lipinski definition) is 0. The third-order valence-corrected chi connectivity index (χ3v) is 3.32. The van der Waals surface area contributed by atoms with Crippen LogP contribution in [0.3, 0.4) is 0 Å². The highest BCUT2D eigenvalue weighted by Crippen LogP contribution is 2.19. The molecule has 3 nitrogen and oxygen atoms in total. The fourth-order valence-corrected chi connectivity index (χ4v) is 2.14. The molecule has 0 bridgehead atoms. The van der Waals surface area contributed by atoms with Gasteiger partial charge in [0.25, 0.3) is 0 Å². The summed E-state index contributed by atoms with van der Waals surface area (Å²) in [7, 11) is 0. The molecule has 17 heavy (non-hydrogen) atoms. The Hall–Kier alpha value is -1.30. The van der Waals surface area contributed by atoms with E-state index in [0.29, 0.717) is 0 Å². The highest BCUT2D eigenvalue weighted by Gasteiger charge is 2.04. The van der Waals surface area contributed by atoms with Crippen LogP contribution in [0.25, 0.3) is 0 Å². The number of aryl methyl sites for hydroxylation is 1. The second kappa shape index (κ2) is 5.35. The zero-order valence-corrected chi connectivity index (χ0v) is 11.8. The van der Waals surface area contributed by atoms with Gasteiger partial charge in [-0.05, 0) is 48.1 Å². The molecule has 0 N–H and O–H groups in total. The lowest BCUT2D eigenvalue weighted by molar-refractivity contribution is 1.12. The van der Waals surface area contributed by atoms with Crippen molar-refractivity contribution in [1.82, 2.24) is 9.97 Å². The standard InChI is InChI=1S/C13H12IN3/c1-9-5-3-4-6-12(9)17-10(2)11-7-15-8-16-13(11)14/h3-8H,1-2H3/b17-10+. The average molecular weight is 337 g/mol. The lowest BCUT2D eigenvalue weighted by Crippen LogP contribution is -2.00. The van der Waals surface area contributed by atoms with Crippen LogP contribution in [0.1, 0.15) is 18.1 Å². The Bertz CT molecular complexity index is 564. The molecule has 1 aromatic heterocycles. The zero-order chi connectivity index (χ0) is 12.3. The molecular weight excluding hydrogens is 325 g/mol. The summed E-state index contributed by atoms with van der Waals surface area (Å²) in [5.41, 5.74) is 4.07. The molecule has 0 spiro atoms. The topological polar surface area (TPSA) is 38.1 Å². The van der Waals surface area contributed by atoms with Crippen molar-refractivity contribution >= 4 is 34.0 Å². The van der Waals surface area contributed by atoms with Crippen molar-refractivity contribution in [3.63, 3.8) is 0 Å². The number of benzene rings is 1. The Morgan fingerprint density at radius 3 is 2.76 bits per heavy atom. The van der Waals surface area contributed by atoms with Crippen LogP contribution < -0.4 is 0 Å². The van der Waals surface area contributed by atoms with Crippen LogP contribution in [-0.4, -0.2) is 15.7 Å². The Kier molecular flexibility index (Phi) is 3.83. The maximum absolute atomic E-state index is 4.62. The molecule has 0 amide bonds. The minimum absolute atomic E-state index is 0.924. The number of nitrogens with zero attached hydrogens (tertiary/aromatic N) is 3. The molecule has 0 aliphatic heterocycles. The van der Waals surface area contributed by atoms with Crippen LogP contribution in [-0.2, 0) is 0 Å². The van der Waals surface area contributed by atoms with Gasteiger partial charge < -0.3 is 0 Å². The maximum Gasteiger partial charge on any atom is 0.116 e. The molecule has 2 aromatic rings. The van der Waals surface area contributed by atoms with Crippen LogP contribution in [0, 0.1) is 10.6 Å². The van der Waals surface area contributed by atoms with Crippen LogP contribution in [0.4, 0.5) is 5.69 Å². The monoisotopic (exact) mass is 337 g/mol. The predicted molar refractivity (Wildman–Crippen MR) is 77.8 cm³/mol. The quantitative estimate of drug-likeness (QED) is 0.478. The van der Waals surface area contributed by atoms with E-state index in [9.17, 15) is 0 Å². The summed E-state index contributed by atoms with van der Waals surface area (Å²) in [6.07, 6.45) is 3.35. The minimum atomic E-state index is 0.924. The largest absolute Gasteiger partial charge is 0.253 e. The highest BCUT2D eigenvalue weighted by molar-refractivity contribution is 14.1. The zero-order valence-electron chi connectivity index (χ0n) is 9.68. The van der Waals surface area contributed by atoms with Crippen LogP contribution in [0.15, 0.2) is 41.8 Å². The molecule has 0 saturated heterocycles. The first kappa shape index (κ1) is 12.2. The van der Waals surface area contributed by atoms with E-state index in [4.69, 9.17) is 0 Å². The first-order valence-electron chi connectivity index (χ1n) is 5.25. The third kappa shape index (κ3) is 2.88. The van der Waals surface area contributed by atoms with E-state index >= 15 is 0 Å². The van der Waals surface area contributed by atoms with Gasteiger partial charge >= 0.3 is 0 Å². The second-order valence-electron chi connectivity index (χ2n) is 3.71. The lowest BCUT2D eigenvalue weighted by atomic mass is 10.2. The SMILES string of the molecule is C/C(=N\c1ccccc1C)c1cncnc1I. The molecule has 0 saturated carbocycles. The molecule has 0 unspecified atom stereocenters. The summed E-state index contributed by atoms with van der Waals surface area (Å²) >= 11 is 2.20. The summed E-state index contributed by atoms with van der Waals surface area (Å²) < 4.78 is 0.924. The van der Waals surface area contributed by atoms with E-state index in [1.165, 1.54) is 5.56 Å². The number of halogens is 1. The van der Waals surface area contributed by atoms with Crippen molar-refractivity contribution < 1.29 is 0 Å². The van der Waals surface area contributed by atoms with Crippen molar-refractivity contribution in [3.8, 4) is 0 Å². The Labute approximate surface area is 114 Å². The molecular formula is C13H12IN3. The van der Waals surface area contributed by atoms with Gasteiger partial charge in [-0.1, -0.05) is 18.2 Å². The Balaban J connectivity index is 2.42. The maximum atomic E-state index is 4.62. The van der Waals surface area contributed by atoms with Gasteiger partial charge in [0.15, 0.2) is 0 Å². The molecule has 1 heterocycles. The van der Waals surface area contributed by atoms with E-state index in [0.717, 1.165) is 20.7 Å². The average Bonchev–Trinajstić information content (AvgIpc) is 2.32. The normalized spacial score (nSPS) is 11.6. The lowest BCUT2D eigenvalue weighted by Gasteiger charge is -2.04. The van der Waals surface area contributed by atoms with Gasteiger partial charge in [0.1, 0.15) is 10.0 Å². The van der Waals surface area contributed by atoms with Gasteiger partial charge in [-0.25, -0.2) is 9.97 Å². The molecule has 0 aliphatic carbocycles. The second-order valence-corrected chi connectivity index (χ2v) is 4.73. The summed E-state index contributed by atoms with van der Waals surface area (Å²) in [5, 5.41) is 0. The summed E-state index contributed by atoms with van der Waals surface area (Å²) in [6.45, 7) is 4.03. The van der Waals surface area contributed by atoms with Gasteiger partial charge in [0.2, 0.25) is 0 Å². The molecule has 2 rings (SSSR count). The van der Waals surface area contributed by atoms with E-state index in [1.54, 1.807) is 12.5 Å². The fourth-order valence-electron chi connectivity index (χ4n) is 1.49. The van der Waals surface area contributed by atoms with E-state index in [-0.39, 0.29) is 0 Å². The number of rotatable bonds is 2. The van der Waals surface area contributed by atoms with E-state index in [1.807, 2.05) is 25.1 Å². The van der Waals surface area contributed by atoms with E-state index in [2.05, 4.69) is 50.5 Å². The van der Waals surface area contributed by atoms with Gasteiger partial charge in [-0.15, -0.1) is 0 Å². The first-order valence-corrected chi connectivity index (χ1v) is 6.33. The molecule has 0 radical (unpaired) electrons. The molecule has 4 heteroatoms. The van der Waals surface area contributed by atoms with Crippen molar-refractivity contribution in [2.24, 2.45) is 4.99 Å². The summed E-state index contributed by atoms with van der Waals surface area (Å²) in [6, 6.07) is 8.07. The molecule has 0 fully saturated rings. The smallest absolute Gasteiger partial charge is 0.116 e. The van der Waals surface area contributed by atoms with Crippen molar-refractivity contribution in [2.45, 2.75) is 13.8 Å². The van der Waals surface area contributed by atoms with Gasteiger partial charge in [-0.2, -0.15) is 0 Å². The highest BCUT2D eigenvalue weighted by atomic mass is 127. The summed E-state index contributed by atoms with van der Waals surface area (Å²) in [5.74, 6) is 0. The van der Waals surface area contributed by atoms with Gasteiger partial charge in [0.05, 0.1) is 5.69 Å². The Morgan fingerprint density at radius 2 is 2.06 bits per heavy atom. The molecule has 0 atom stereocenters. The van der Waals surface area contributed by atoms with Crippen LogP contribution in [0.5, 0.6) is 0 Å². The molecule has 86 valence electrons. The minimum Gasteiger partial charge on any atom is -0.253 e. The van der Waals surface area contributed by atoms with E-state index < -0.39 is 0 Å².